The van der Waals surface area contributed by atoms with E-state index in [9.17, 15) is 18.0 Å². The van der Waals surface area contributed by atoms with E-state index >= 15 is 0 Å². The summed E-state index contributed by atoms with van der Waals surface area (Å²) in [5.74, 6) is -0.415. The van der Waals surface area contributed by atoms with Crippen LogP contribution < -0.4 is 0 Å². The van der Waals surface area contributed by atoms with Gasteiger partial charge in [-0.05, 0) is 30.5 Å². The van der Waals surface area contributed by atoms with Crippen molar-refractivity contribution in [1.82, 2.24) is 19.9 Å². The van der Waals surface area contributed by atoms with Crippen LogP contribution in [-0.2, 0) is 6.18 Å². The molecule has 1 aromatic carbocycles. The van der Waals surface area contributed by atoms with E-state index in [1.165, 1.54) is 40.6 Å². The predicted molar refractivity (Wildman–Crippen MR) is 91.2 cm³/mol. The monoisotopic (exact) mass is 380 g/mol. The summed E-state index contributed by atoms with van der Waals surface area (Å²) in [6.45, 7) is 1.87. The molecule has 0 saturated heterocycles. The third kappa shape index (κ3) is 3.48. The maximum absolute atomic E-state index is 13.2. The first-order chi connectivity index (χ1) is 12.3. The Hall–Kier alpha value is -2.68. The Bertz CT molecular complexity index is 905. The third-order valence-corrected chi connectivity index (χ3v) is 5.07. The van der Waals surface area contributed by atoms with Gasteiger partial charge in [-0.2, -0.15) is 13.2 Å². The summed E-state index contributed by atoms with van der Waals surface area (Å²) in [7, 11) is 1.62. The molecule has 26 heavy (non-hydrogen) atoms. The molecule has 3 rings (SSSR count). The highest BCUT2D eigenvalue weighted by Crippen LogP contribution is 2.33. The first-order valence-corrected chi connectivity index (χ1v) is 8.56. The van der Waals surface area contributed by atoms with Crippen molar-refractivity contribution in [2.45, 2.75) is 19.1 Å². The van der Waals surface area contributed by atoms with Gasteiger partial charge < -0.3 is 4.90 Å². The smallest absolute Gasteiger partial charge is 0.333 e. The summed E-state index contributed by atoms with van der Waals surface area (Å²) < 4.78 is 40.4. The van der Waals surface area contributed by atoms with Gasteiger partial charge in [0.15, 0.2) is 5.69 Å². The Morgan fingerprint density at radius 1 is 1.23 bits per heavy atom. The lowest BCUT2D eigenvalue weighted by molar-refractivity contribution is -0.137. The molecule has 0 bridgehead atoms. The molecule has 0 saturated carbocycles. The van der Waals surface area contributed by atoms with Crippen molar-refractivity contribution < 1.29 is 18.0 Å². The molecule has 0 aliphatic heterocycles. The minimum Gasteiger partial charge on any atom is -0.333 e. The fraction of sp³-hybridized carbons (Fsp3) is 0.235. The van der Waals surface area contributed by atoms with Crippen LogP contribution in [0.4, 0.5) is 13.2 Å². The van der Waals surface area contributed by atoms with Gasteiger partial charge in [0.2, 0.25) is 0 Å². The van der Waals surface area contributed by atoms with E-state index in [4.69, 9.17) is 0 Å². The van der Waals surface area contributed by atoms with Crippen molar-refractivity contribution in [3.63, 3.8) is 0 Å². The molecule has 136 valence electrons. The first kappa shape index (κ1) is 18.1. The fourth-order valence-electron chi connectivity index (χ4n) is 2.47. The second-order valence-corrected chi connectivity index (χ2v) is 6.65. The van der Waals surface area contributed by atoms with Crippen LogP contribution in [0.5, 0.6) is 0 Å². The topological polar surface area (TPSA) is 51.0 Å². The second-order valence-electron chi connectivity index (χ2n) is 5.67. The molecule has 0 fully saturated rings. The van der Waals surface area contributed by atoms with Crippen molar-refractivity contribution >= 4 is 17.2 Å². The molecule has 2 aromatic heterocycles. The largest absolute Gasteiger partial charge is 0.418 e. The average Bonchev–Trinajstić information content (AvgIpc) is 3.30. The van der Waals surface area contributed by atoms with E-state index in [0.29, 0.717) is 0 Å². The summed E-state index contributed by atoms with van der Waals surface area (Å²) in [5.41, 5.74) is -1.04. The SMILES string of the molecule is C[C@@H](c1cccs1)N(C)C(=O)c1cn(-c2ccccc2C(F)(F)F)nn1. The van der Waals surface area contributed by atoms with Gasteiger partial charge in [-0.1, -0.05) is 23.4 Å². The molecule has 9 heteroatoms. The van der Waals surface area contributed by atoms with Crippen LogP contribution in [-0.4, -0.2) is 32.8 Å². The van der Waals surface area contributed by atoms with E-state index in [1.54, 1.807) is 7.05 Å². The number of rotatable bonds is 4. The van der Waals surface area contributed by atoms with Crippen LogP contribution in [0, 0.1) is 0 Å². The van der Waals surface area contributed by atoms with Crippen molar-refractivity contribution in [1.29, 1.82) is 0 Å². The zero-order valence-electron chi connectivity index (χ0n) is 13.9. The quantitative estimate of drug-likeness (QED) is 0.682. The Labute approximate surface area is 151 Å². The number of halogens is 3. The number of thiophene rings is 1. The molecule has 0 radical (unpaired) electrons. The normalized spacial score (nSPS) is 12.8. The molecular formula is C17H15F3N4OS. The van der Waals surface area contributed by atoms with Crippen LogP contribution in [0.15, 0.2) is 48.0 Å². The fourth-order valence-corrected chi connectivity index (χ4v) is 3.30. The zero-order valence-corrected chi connectivity index (χ0v) is 14.8. The molecule has 0 unspecified atom stereocenters. The van der Waals surface area contributed by atoms with Gasteiger partial charge in [0.25, 0.3) is 5.91 Å². The minimum atomic E-state index is -4.53. The van der Waals surface area contributed by atoms with Gasteiger partial charge in [0.05, 0.1) is 23.5 Å². The van der Waals surface area contributed by atoms with Gasteiger partial charge >= 0.3 is 6.18 Å². The number of amides is 1. The van der Waals surface area contributed by atoms with Gasteiger partial charge in [-0.15, -0.1) is 16.4 Å². The molecule has 1 amide bonds. The number of benzene rings is 1. The van der Waals surface area contributed by atoms with E-state index in [1.807, 2.05) is 24.4 Å². The lowest BCUT2D eigenvalue weighted by Crippen LogP contribution is -2.29. The van der Waals surface area contributed by atoms with Crippen LogP contribution in [0.2, 0.25) is 0 Å². The Balaban J connectivity index is 1.88. The Kier molecular flexibility index (Phi) is 4.82. The minimum absolute atomic E-state index is 0.0205. The van der Waals surface area contributed by atoms with Gasteiger partial charge in [0, 0.05) is 11.9 Å². The lowest BCUT2D eigenvalue weighted by atomic mass is 10.1. The predicted octanol–water partition coefficient (Wildman–Crippen LogP) is 4.18. The molecule has 2 heterocycles. The van der Waals surface area contributed by atoms with Crippen molar-refractivity contribution in [3.8, 4) is 5.69 Å². The van der Waals surface area contributed by atoms with Gasteiger partial charge in [-0.25, -0.2) is 4.68 Å². The second kappa shape index (κ2) is 6.91. The van der Waals surface area contributed by atoms with Crippen LogP contribution in [0.1, 0.15) is 33.9 Å². The molecule has 0 spiro atoms. The molecule has 0 aliphatic carbocycles. The molecule has 0 aliphatic rings. The number of alkyl halides is 3. The van der Waals surface area contributed by atoms with E-state index in [0.717, 1.165) is 15.6 Å². The summed E-state index contributed by atoms with van der Waals surface area (Å²) in [6.07, 6.45) is -3.32. The third-order valence-electron chi connectivity index (χ3n) is 4.03. The zero-order chi connectivity index (χ0) is 18.9. The highest BCUT2D eigenvalue weighted by Gasteiger charge is 2.34. The van der Waals surface area contributed by atoms with Crippen molar-refractivity contribution in [2.24, 2.45) is 0 Å². The standard InChI is InChI=1S/C17H15F3N4OS/c1-11(15-8-5-9-26-15)23(2)16(25)13-10-24(22-21-13)14-7-4-3-6-12(14)17(18,19)20/h3-11H,1-2H3/t11-/m0/s1. The summed E-state index contributed by atoms with van der Waals surface area (Å²) in [6, 6.07) is 8.63. The molecule has 3 aromatic rings. The summed E-state index contributed by atoms with van der Waals surface area (Å²) in [4.78, 5) is 15.1. The number of aromatic nitrogens is 3. The number of carbonyl (C=O) groups excluding carboxylic acids is 1. The van der Waals surface area contributed by atoms with E-state index in [2.05, 4.69) is 10.3 Å². The number of hydrogen-bond acceptors (Lipinski definition) is 4. The highest BCUT2D eigenvalue weighted by molar-refractivity contribution is 7.10. The number of para-hydroxylation sites is 1. The Morgan fingerprint density at radius 2 is 1.96 bits per heavy atom. The molecule has 1 atom stereocenters. The Morgan fingerprint density at radius 3 is 2.62 bits per heavy atom. The van der Waals surface area contributed by atoms with Crippen molar-refractivity contribution in [3.05, 3.63) is 64.1 Å². The van der Waals surface area contributed by atoms with Crippen molar-refractivity contribution in [2.75, 3.05) is 7.05 Å². The lowest BCUT2D eigenvalue weighted by Gasteiger charge is -2.22. The first-order valence-electron chi connectivity index (χ1n) is 7.68. The number of nitrogens with zero attached hydrogens (tertiary/aromatic N) is 4. The van der Waals surface area contributed by atoms with Crippen LogP contribution >= 0.6 is 11.3 Å². The average molecular weight is 380 g/mol. The summed E-state index contributed by atoms with van der Waals surface area (Å²) in [5, 5.41) is 9.38. The molecular weight excluding hydrogens is 365 g/mol. The van der Waals surface area contributed by atoms with Crippen LogP contribution in [0.25, 0.3) is 5.69 Å². The maximum Gasteiger partial charge on any atom is 0.418 e. The summed E-state index contributed by atoms with van der Waals surface area (Å²) >= 11 is 1.52. The van der Waals surface area contributed by atoms with Gasteiger partial charge in [-0.3, -0.25) is 4.79 Å². The van der Waals surface area contributed by atoms with Crippen LogP contribution in [0.3, 0.4) is 0 Å². The van der Waals surface area contributed by atoms with E-state index in [-0.39, 0.29) is 17.4 Å². The maximum atomic E-state index is 13.2. The molecule has 5 nitrogen and oxygen atoms in total. The van der Waals surface area contributed by atoms with E-state index < -0.39 is 17.6 Å². The number of hydrogen-bond donors (Lipinski definition) is 0. The highest BCUT2D eigenvalue weighted by atomic mass is 32.1. The van der Waals surface area contributed by atoms with Gasteiger partial charge in [0.1, 0.15) is 0 Å². The molecule has 0 N–H and O–H groups in total. The number of carbonyl (C=O) groups is 1.